The van der Waals surface area contributed by atoms with Crippen molar-refractivity contribution < 1.29 is 9.90 Å². The van der Waals surface area contributed by atoms with Gasteiger partial charge >= 0.3 is 0 Å². The predicted molar refractivity (Wildman–Crippen MR) is 101 cm³/mol. The monoisotopic (exact) mass is 342 g/mol. The average Bonchev–Trinajstić information content (AvgIpc) is 2.60. The summed E-state index contributed by atoms with van der Waals surface area (Å²) in [6.07, 6.45) is 6.76. The fourth-order valence-electron chi connectivity index (χ4n) is 4.03. The predicted octanol–water partition coefficient (Wildman–Crippen LogP) is 3.42. The van der Waals surface area contributed by atoms with Crippen LogP contribution >= 0.6 is 0 Å². The Morgan fingerprint density at radius 2 is 2.00 bits per heavy atom. The molecule has 2 aliphatic rings. The molecule has 0 spiro atoms. The summed E-state index contributed by atoms with van der Waals surface area (Å²) in [6.45, 7) is 6.75. The zero-order chi connectivity index (χ0) is 17.8. The van der Waals surface area contributed by atoms with Gasteiger partial charge in [0.15, 0.2) is 0 Å². The van der Waals surface area contributed by atoms with Crippen molar-refractivity contribution in [3.63, 3.8) is 0 Å². The maximum Gasteiger partial charge on any atom is 0.234 e. The lowest BCUT2D eigenvalue weighted by Gasteiger charge is -2.35. The molecule has 1 aromatic rings. The highest BCUT2D eigenvalue weighted by Gasteiger charge is 2.28. The molecule has 1 saturated carbocycles. The number of carbonyl (C=O) groups is 1. The first-order valence-electron chi connectivity index (χ1n) is 9.53. The van der Waals surface area contributed by atoms with E-state index >= 15 is 0 Å². The van der Waals surface area contributed by atoms with Crippen LogP contribution in [0.1, 0.15) is 45.1 Å². The van der Waals surface area contributed by atoms with E-state index in [1.54, 1.807) is 12.1 Å². The van der Waals surface area contributed by atoms with Crippen LogP contribution in [0.3, 0.4) is 0 Å². The van der Waals surface area contributed by atoms with Crippen LogP contribution in [0.25, 0.3) is 5.57 Å². The van der Waals surface area contributed by atoms with Crippen molar-refractivity contribution in [3.8, 4) is 5.75 Å². The lowest BCUT2D eigenvalue weighted by Crippen LogP contribution is -2.47. The zero-order valence-corrected chi connectivity index (χ0v) is 15.4. The van der Waals surface area contributed by atoms with E-state index in [0.717, 1.165) is 31.5 Å². The molecule has 4 nitrogen and oxygen atoms in total. The van der Waals surface area contributed by atoms with E-state index < -0.39 is 0 Å². The molecule has 3 unspecified atom stereocenters. The molecule has 1 fully saturated rings. The molecule has 3 rings (SSSR count). The molecular weight excluding hydrogens is 312 g/mol. The third kappa shape index (κ3) is 4.63. The number of nitrogens with zero attached hydrogens (tertiary/aromatic N) is 1. The fourth-order valence-corrected chi connectivity index (χ4v) is 4.03. The van der Waals surface area contributed by atoms with E-state index in [-0.39, 0.29) is 5.91 Å². The van der Waals surface area contributed by atoms with Gasteiger partial charge in [-0.3, -0.25) is 9.69 Å². The second kappa shape index (κ2) is 8.05. The molecule has 0 aromatic heterocycles. The number of rotatable bonds is 4. The molecule has 1 aliphatic heterocycles. The summed E-state index contributed by atoms with van der Waals surface area (Å²) >= 11 is 0. The summed E-state index contributed by atoms with van der Waals surface area (Å²) in [5.41, 5.74) is 2.46. The van der Waals surface area contributed by atoms with E-state index in [0.29, 0.717) is 30.2 Å². The topological polar surface area (TPSA) is 52.6 Å². The Kier molecular flexibility index (Phi) is 5.79. The summed E-state index contributed by atoms with van der Waals surface area (Å²) in [7, 11) is 0. The van der Waals surface area contributed by atoms with Crippen molar-refractivity contribution in [2.45, 2.75) is 45.6 Å². The largest absolute Gasteiger partial charge is 0.508 e. The summed E-state index contributed by atoms with van der Waals surface area (Å²) < 4.78 is 0. The van der Waals surface area contributed by atoms with E-state index in [1.807, 2.05) is 12.1 Å². The molecule has 0 bridgehead atoms. The van der Waals surface area contributed by atoms with Gasteiger partial charge in [0, 0.05) is 19.1 Å². The number of benzene rings is 1. The number of nitrogens with one attached hydrogen (secondary N) is 1. The maximum atomic E-state index is 12.4. The molecule has 4 heteroatoms. The number of carbonyl (C=O) groups excluding carboxylic acids is 1. The van der Waals surface area contributed by atoms with E-state index in [9.17, 15) is 9.90 Å². The minimum Gasteiger partial charge on any atom is -0.508 e. The Bertz CT molecular complexity index is 623. The molecule has 25 heavy (non-hydrogen) atoms. The maximum absolute atomic E-state index is 12.4. The standard InChI is InChI=1S/C21H30N2O2/c1-15-4-3-5-20(16(15)2)22-21(25)14-23-12-10-18(11-13-23)17-6-8-19(24)9-7-17/h6-10,15-16,20,24H,3-5,11-14H2,1-2H3,(H,22,25). The first-order valence-corrected chi connectivity index (χ1v) is 9.53. The van der Waals surface area contributed by atoms with Gasteiger partial charge in [0.25, 0.3) is 0 Å². The highest BCUT2D eigenvalue weighted by Crippen LogP contribution is 2.29. The molecule has 1 heterocycles. The van der Waals surface area contributed by atoms with Crippen molar-refractivity contribution in [1.29, 1.82) is 0 Å². The molecule has 3 atom stereocenters. The third-order valence-electron chi connectivity index (χ3n) is 5.95. The molecule has 2 N–H and O–H groups in total. The lowest BCUT2D eigenvalue weighted by atomic mass is 9.78. The van der Waals surface area contributed by atoms with Gasteiger partial charge in [-0.1, -0.05) is 44.9 Å². The third-order valence-corrected chi connectivity index (χ3v) is 5.95. The number of phenolic OH excluding ortho intramolecular Hbond substituents is 1. The van der Waals surface area contributed by atoms with Crippen LogP contribution in [-0.4, -0.2) is 41.6 Å². The first kappa shape index (κ1) is 18.0. The van der Waals surface area contributed by atoms with Gasteiger partial charge in [0.2, 0.25) is 5.91 Å². The van der Waals surface area contributed by atoms with Crippen molar-refractivity contribution in [2.24, 2.45) is 11.8 Å². The van der Waals surface area contributed by atoms with Gasteiger partial charge in [-0.05, 0) is 47.9 Å². The molecular formula is C21H30N2O2. The Balaban J connectivity index is 1.49. The van der Waals surface area contributed by atoms with Gasteiger partial charge in [-0.2, -0.15) is 0 Å². The zero-order valence-electron chi connectivity index (χ0n) is 15.4. The van der Waals surface area contributed by atoms with Crippen LogP contribution in [0.4, 0.5) is 0 Å². The molecule has 0 radical (unpaired) electrons. The quantitative estimate of drug-likeness (QED) is 0.881. The van der Waals surface area contributed by atoms with Crippen molar-refractivity contribution in [3.05, 3.63) is 35.9 Å². The van der Waals surface area contributed by atoms with Gasteiger partial charge < -0.3 is 10.4 Å². The van der Waals surface area contributed by atoms with Crippen LogP contribution in [0.15, 0.2) is 30.3 Å². The molecule has 1 amide bonds. The fraction of sp³-hybridized carbons (Fsp3) is 0.571. The lowest BCUT2D eigenvalue weighted by molar-refractivity contribution is -0.123. The van der Waals surface area contributed by atoms with Crippen LogP contribution in [0, 0.1) is 11.8 Å². The summed E-state index contributed by atoms with van der Waals surface area (Å²) in [6, 6.07) is 7.69. The number of amides is 1. The molecule has 136 valence electrons. The average molecular weight is 342 g/mol. The SMILES string of the molecule is CC1CCCC(NC(=O)CN2CC=C(c3ccc(O)cc3)CC2)C1C. The summed E-state index contributed by atoms with van der Waals surface area (Å²) in [4.78, 5) is 14.6. The Morgan fingerprint density at radius 1 is 1.24 bits per heavy atom. The van der Waals surface area contributed by atoms with Crippen LogP contribution in [0.5, 0.6) is 5.75 Å². The highest BCUT2D eigenvalue weighted by atomic mass is 16.3. The van der Waals surface area contributed by atoms with Gasteiger partial charge in [0.05, 0.1) is 6.54 Å². The molecule has 1 aliphatic carbocycles. The minimum atomic E-state index is 0.160. The second-order valence-corrected chi connectivity index (χ2v) is 7.70. The van der Waals surface area contributed by atoms with Gasteiger partial charge in [-0.25, -0.2) is 0 Å². The Morgan fingerprint density at radius 3 is 2.68 bits per heavy atom. The van der Waals surface area contributed by atoms with Crippen molar-refractivity contribution in [2.75, 3.05) is 19.6 Å². The highest BCUT2D eigenvalue weighted by molar-refractivity contribution is 5.78. The normalized spacial score (nSPS) is 27.6. The van der Waals surface area contributed by atoms with Gasteiger partial charge in [0.1, 0.15) is 5.75 Å². The van der Waals surface area contributed by atoms with E-state index in [1.165, 1.54) is 18.4 Å². The Hall–Kier alpha value is -1.81. The second-order valence-electron chi connectivity index (χ2n) is 7.70. The summed E-state index contributed by atoms with van der Waals surface area (Å²) in [5, 5.41) is 12.7. The van der Waals surface area contributed by atoms with Crippen molar-refractivity contribution >= 4 is 11.5 Å². The van der Waals surface area contributed by atoms with E-state index in [4.69, 9.17) is 0 Å². The van der Waals surface area contributed by atoms with Crippen LogP contribution in [-0.2, 0) is 4.79 Å². The molecule has 1 aromatic carbocycles. The number of aromatic hydroxyl groups is 1. The van der Waals surface area contributed by atoms with Gasteiger partial charge in [-0.15, -0.1) is 0 Å². The minimum absolute atomic E-state index is 0.160. The number of phenols is 1. The first-order chi connectivity index (χ1) is 12.0. The van der Waals surface area contributed by atoms with Crippen LogP contribution < -0.4 is 5.32 Å². The summed E-state index contributed by atoms with van der Waals surface area (Å²) in [5.74, 6) is 1.72. The smallest absolute Gasteiger partial charge is 0.234 e. The van der Waals surface area contributed by atoms with Crippen LogP contribution in [0.2, 0.25) is 0 Å². The molecule has 0 saturated heterocycles. The van der Waals surface area contributed by atoms with E-state index in [2.05, 4.69) is 30.1 Å². The Labute approximate surface area is 150 Å². The number of hydrogen-bond acceptors (Lipinski definition) is 3. The number of hydrogen-bond donors (Lipinski definition) is 2. The van der Waals surface area contributed by atoms with Crippen molar-refractivity contribution in [1.82, 2.24) is 10.2 Å².